The van der Waals surface area contributed by atoms with Gasteiger partial charge in [-0.25, -0.2) is 14.1 Å². The van der Waals surface area contributed by atoms with Crippen molar-refractivity contribution in [2.75, 3.05) is 19.8 Å². The van der Waals surface area contributed by atoms with Crippen LogP contribution in [-0.2, 0) is 13.1 Å². The molecule has 1 aliphatic rings. The van der Waals surface area contributed by atoms with Gasteiger partial charge in [0.1, 0.15) is 30.7 Å². The van der Waals surface area contributed by atoms with Gasteiger partial charge < -0.3 is 4.74 Å². The summed E-state index contributed by atoms with van der Waals surface area (Å²) in [6, 6.07) is 9.87. The zero-order valence-electron chi connectivity index (χ0n) is 11.9. The van der Waals surface area contributed by atoms with E-state index in [0.717, 1.165) is 31.1 Å². The van der Waals surface area contributed by atoms with Crippen LogP contribution in [0.2, 0.25) is 0 Å². The molecular formula is C15H19FN4O. The van der Waals surface area contributed by atoms with Gasteiger partial charge in [-0.2, -0.15) is 5.10 Å². The second kappa shape index (κ2) is 6.67. The van der Waals surface area contributed by atoms with Gasteiger partial charge in [0, 0.05) is 13.1 Å². The van der Waals surface area contributed by atoms with Gasteiger partial charge in [-0.3, -0.25) is 4.90 Å². The Morgan fingerprint density at radius 1 is 1.29 bits per heavy atom. The standard InChI is InChI=1S/C15H19FN4O/c16-7-9-20-15(17-12-18-20)11-19-8-6-14(10-19)21-13-4-2-1-3-5-13/h1-5,12,14H,6-11H2/t14-/m1/s1. The Labute approximate surface area is 123 Å². The summed E-state index contributed by atoms with van der Waals surface area (Å²) in [5.74, 6) is 1.72. The van der Waals surface area contributed by atoms with E-state index < -0.39 is 6.67 Å². The number of hydrogen-bond acceptors (Lipinski definition) is 4. The summed E-state index contributed by atoms with van der Waals surface area (Å²) in [5.41, 5.74) is 0. The highest BCUT2D eigenvalue weighted by atomic mass is 19.1. The predicted molar refractivity (Wildman–Crippen MR) is 76.7 cm³/mol. The number of rotatable bonds is 6. The molecule has 5 nitrogen and oxygen atoms in total. The summed E-state index contributed by atoms with van der Waals surface area (Å²) >= 11 is 0. The first-order chi connectivity index (χ1) is 10.3. The van der Waals surface area contributed by atoms with Gasteiger partial charge in [0.25, 0.3) is 0 Å². The molecule has 0 bridgehead atoms. The monoisotopic (exact) mass is 290 g/mol. The molecule has 0 N–H and O–H groups in total. The van der Waals surface area contributed by atoms with E-state index in [1.165, 1.54) is 6.33 Å². The number of para-hydroxylation sites is 1. The molecule has 2 heterocycles. The van der Waals surface area contributed by atoms with Crippen LogP contribution in [0.4, 0.5) is 4.39 Å². The van der Waals surface area contributed by atoms with Crippen LogP contribution in [0.25, 0.3) is 0 Å². The number of ether oxygens (including phenoxy) is 1. The van der Waals surface area contributed by atoms with E-state index in [2.05, 4.69) is 15.0 Å². The highest BCUT2D eigenvalue weighted by molar-refractivity contribution is 5.21. The van der Waals surface area contributed by atoms with E-state index in [4.69, 9.17) is 4.74 Å². The molecule has 1 aromatic heterocycles. The van der Waals surface area contributed by atoms with Crippen LogP contribution >= 0.6 is 0 Å². The molecule has 0 unspecified atom stereocenters. The van der Waals surface area contributed by atoms with E-state index in [0.29, 0.717) is 6.54 Å². The third-order valence-corrected chi connectivity index (χ3v) is 3.63. The second-order valence-corrected chi connectivity index (χ2v) is 5.17. The van der Waals surface area contributed by atoms with Crippen molar-refractivity contribution in [1.82, 2.24) is 19.7 Å². The lowest BCUT2D eigenvalue weighted by Gasteiger charge is -2.16. The summed E-state index contributed by atoms with van der Waals surface area (Å²) < 4.78 is 20.0. The predicted octanol–water partition coefficient (Wildman–Crippen LogP) is 1.90. The van der Waals surface area contributed by atoms with Crippen LogP contribution in [-0.4, -0.2) is 45.5 Å². The summed E-state index contributed by atoms with van der Waals surface area (Å²) in [6.07, 6.45) is 2.68. The maximum atomic E-state index is 12.4. The first kappa shape index (κ1) is 14.0. The SMILES string of the molecule is FCCn1ncnc1CN1CC[C@@H](Oc2ccccc2)C1. The van der Waals surface area contributed by atoms with Crippen molar-refractivity contribution in [3.63, 3.8) is 0 Å². The third-order valence-electron chi connectivity index (χ3n) is 3.63. The molecule has 0 spiro atoms. The molecule has 1 aromatic carbocycles. The van der Waals surface area contributed by atoms with Crippen molar-refractivity contribution in [3.05, 3.63) is 42.5 Å². The zero-order chi connectivity index (χ0) is 14.5. The Balaban J connectivity index is 1.54. The smallest absolute Gasteiger partial charge is 0.141 e. The fourth-order valence-electron chi connectivity index (χ4n) is 2.61. The lowest BCUT2D eigenvalue weighted by atomic mass is 10.3. The molecule has 2 aromatic rings. The minimum Gasteiger partial charge on any atom is -0.489 e. The maximum absolute atomic E-state index is 12.4. The van der Waals surface area contributed by atoms with Gasteiger partial charge >= 0.3 is 0 Å². The number of nitrogens with zero attached hydrogens (tertiary/aromatic N) is 4. The van der Waals surface area contributed by atoms with Crippen LogP contribution in [0.5, 0.6) is 5.75 Å². The quantitative estimate of drug-likeness (QED) is 0.815. The third kappa shape index (κ3) is 3.58. The first-order valence-corrected chi connectivity index (χ1v) is 7.22. The molecule has 1 atom stereocenters. The van der Waals surface area contributed by atoms with Crippen molar-refractivity contribution in [3.8, 4) is 5.75 Å². The topological polar surface area (TPSA) is 43.2 Å². The zero-order valence-corrected chi connectivity index (χ0v) is 11.9. The molecule has 0 radical (unpaired) electrons. The van der Waals surface area contributed by atoms with E-state index in [-0.39, 0.29) is 12.6 Å². The molecule has 6 heteroatoms. The van der Waals surface area contributed by atoms with Crippen molar-refractivity contribution >= 4 is 0 Å². The number of aromatic nitrogens is 3. The van der Waals surface area contributed by atoms with Crippen LogP contribution in [0.3, 0.4) is 0 Å². The molecule has 0 aliphatic carbocycles. The Hall–Kier alpha value is -1.95. The molecular weight excluding hydrogens is 271 g/mol. The summed E-state index contributed by atoms with van der Waals surface area (Å²) in [4.78, 5) is 6.48. The number of likely N-dealkylation sites (tertiary alicyclic amines) is 1. The normalized spacial score (nSPS) is 19.0. The average molecular weight is 290 g/mol. The number of hydrogen-bond donors (Lipinski definition) is 0. The Kier molecular flexibility index (Phi) is 4.45. The van der Waals surface area contributed by atoms with Crippen molar-refractivity contribution in [2.45, 2.75) is 25.6 Å². The number of aryl methyl sites for hydroxylation is 1. The van der Waals surface area contributed by atoms with Crippen molar-refractivity contribution in [1.29, 1.82) is 0 Å². The van der Waals surface area contributed by atoms with Gasteiger partial charge in [-0.05, 0) is 18.6 Å². The van der Waals surface area contributed by atoms with Crippen molar-refractivity contribution in [2.24, 2.45) is 0 Å². The molecule has 21 heavy (non-hydrogen) atoms. The molecule has 1 saturated heterocycles. The van der Waals surface area contributed by atoms with E-state index >= 15 is 0 Å². The number of halogens is 1. The first-order valence-electron chi connectivity index (χ1n) is 7.22. The Bertz CT molecular complexity index is 560. The highest BCUT2D eigenvalue weighted by Gasteiger charge is 2.25. The van der Waals surface area contributed by atoms with Gasteiger partial charge in [0.15, 0.2) is 0 Å². The molecule has 0 saturated carbocycles. The van der Waals surface area contributed by atoms with E-state index in [1.54, 1.807) is 4.68 Å². The van der Waals surface area contributed by atoms with Crippen LogP contribution in [0, 0.1) is 0 Å². The minimum absolute atomic E-state index is 0.199. The largest absolute Gasteiger partial charge is 0.489 e. The number of benzene rings is 1. The molecule has 3 rings (SSSR count). The van der Waals surface area contributed by atoms with Crippen LogP contribution in [0.1, 0.15) is 12.2 Å². The van der Waals surface area contributed by atoms with Gasteiger partial charge in [-0.15, -0.1) is 0 Å². The molecule has 1 fully saturated rings. The molecule has 1 aliphatic heterocycles. The maximum Gasteiger partial charge on any atom is 0.141 e. The van der Waals surface area contributed by atoms with E-state index in [1.807, 2.05) is 30.3 Å². The van der Waals surface area contributed by atoms with Crippen LogP contribution in [0.15, 0.2) is 36.7 Å². The van der Waals surface area contributed by atoms with E-state index in [9.17, 15) is 4.39 Å². The average Bonchev–Trinajstić information content (AvgIpc) is 3.11. The summed E-state index contributed by atoms with van der Waals surface area (Å²) in [7, 11) is 0. The van der Waals surface area contributed by atoms with Gasteiger partial charge in [-0.1, -0.05) is 18.2 Å². The molecule has 0 amide bonds. The minimum atomic E-state index is -0.421. The van der Waals surface area contributed by atoms with Crippen LogP contribution < -0.4 is 4.74 Å². The lowest BCUT2D eigenvalue weighted by molar-refractivity contribution is 0.196. The second-order valence-electron chi connectivity index (χ2n) is 5.17. The Morgan fingerprint density at radius 2 is 2.14 bits per heavy atom. The highest BCUT2D eigenvalue weighted by Crippen LogP contribution is 2.19. The fourth-order valence-corrected chi connectivity index (χ4v) is 2.61. The fraction of sp³-hybridized carbons (Fsp3) is 0.467. The van der Waals surface area contributed by atoms with Gasteiger partial charge in [0.05, 0.1) is 13.1 Å². The molecule has 112 valence electrons. The number of alkyl halides is 1. The summed E-state index contributed by atoms with van der Waals surface area (Å²) in [5, 5.41) is 4.04. The van der Waals surface area contributed by atoms with Crippen molar-refractivity contribution < 1.29 is 9.13 Å². The Morgan fingerprint density at radius 3 is 2.95 bits per heavy atom. The lowest BCUT2D eigenvalue weighted by Crippen LogP contribution is -2.26. The summed E-state index contributed by atoms with van der Waals surface area (Å²) in [6.45, 7) is 2.36. The van der Waals surface area contributed by atoms with Gasteiger partial charge in [0.2, 0.25) is 0 Å².